The summed E-state index contributed by atoms with van der Waals surface area (Å²) in [5, 5.41) is 0. The number of nitrogens with zero attached hydrogens (tertiary/aromatic N) is 1. The second kappa shape index (κ2) is 5.73. The van der Waals surface area contributed by atoms with E-state index in [2.05, 4.69) is 15.9 Å². The molecule has 1 aromatic carbocycles. The van der Waals surface area contributed by atoms with Crippen molar-refractivity contribution < 1.29 is 13.2 Å². The summed E-state index contributed by atoms with van der Waals surface area (Å²) in [6.07, 6.45) is 2.36. The fourth-order valence-electron chi connectivity index (χ4n) is 2.23. The minimum atomic E-state index is -3.49. The first-order chi connectivity index (χ1) is 8.95. The van der Waals surface area contributed by atoms with Gasteiger partial charge in [0.05, 0.1) is 4.90 Å². The average molecular weight is 346 g/mol. The average Bonchev–Trinajstić information content (AvgIpc) is 2.41. The van der Waals surface area contributed by atoms with Gasteiger partial charge in [-0.05, 0) is 43.5 Å². The topological polar surface area (TPSA) is 54.5 Å². The maximum atomic E-state index is 12.5. The Morgan fingerprint density at radius 3 is 2.79 bits per heavy atom. The van der Waals surface area contributed by atoms with Gasteiger partial charge in [-0.15, -0.1) is 0 Å². The summed E-state index contributed by atoms with van der Waals surface area (Å²) in [6.45, 7) is 2.64. The number of carbonyl (C=O) groups excluding carboxylic acids is 1. The molecule has 0 bridgehead atoms. The molecule has 4 nitrogen and oxygen atoms in total. The van der Waals surface area contributed by atoms with Crippen LogP contribution in [0.25, 0.3) is 0 Å². The van der Waals surface area contributed by atoms with Crippen LogP contribution < -0.4 is 0 Å². The van der Waals surface area contributed by atoms with Gasteiger partial charge in [-0.1, -0.05) is 15.9 Å². The number of hydrogen-bond donors (Lipinski definition) is 0. The summed E-state index contributed by atoms with van der Waals surface area (Å²) < 4.78 is 27.3. The van der Waals surface area contributed by atoms with E-state index in [0.717, 1.165) is 29.2 Å². The number of aryl methyl sites for hydroxylation is 1. The Kier molecular flexibility index (Phi) is 4.43. The van der Waals surface area contributed by atoms with Crippen LogP contribution in [0, 0.1) is 12.8 Å². The van der Waals surface area contributed by atoms with Gasteiger partial charge in [-0.2, -0.15) is 4.31 Å². The monoisotopic (exact) mass is 345 g/mol. The highest BCUT2D eigenvalue weighted by atomic mass is 79.9. The van der Waals surface area contributed by atoms with Gasteiger partial charge < -0.3 is 4.79 Å². The molecule has 1 heterocycles. The number of piperidine rings is 1. The second-order valence-electron chi connectivity index (χ2n) is 4.81. The normalized spacial score (nSPS) is 21.3. The van der Waals surface area contributed by atoms with E-state index in [-0.39, 0.29) is 5.92 Å². The molecular weight excluding hydrogens is 330 g/mol. The predicted octanol–water partition coefficient (Wildman–Crippen LogP) is 2.36. The molecule has 6 heteroatoms. The third kappa shape index (κ3) is 3.07. The molecule has 1 aliphatic heterocycles. The van der Waals surface area contributed by atoms with Crippen LogP contribution in [0.4, 0.5) is 0 Å². The summed E-state index contributed by atoms with van der Waals surface area (Å²) in [5.74, 6) is -0.180. The quantitative estimate of drug-likeness (QED) is 0.790. The Morgan fingerprint density at radius 1 is 1.42 bits per heavy atom. The number of hydrogen-bond acceptors (Lipinski definition) is 3. The van der Waals surface area contributed by atoms with Gasteiger partial charge in [0.2, 0.25) is 10.0 Å². The molecule has 0 aromatic heterocycles. The van der Waals surface area contributed by atoms with Gasteiger partial charge in [0.1, 0.15) is 6.29 Å². The maximum Gasteiger partial charge on any atom is 0.243 e. The lowest BCUT2D eigenvalue weighted by atomic mass is 10.0. The van der Waals surface area contributed by atoms with Gasteiger partial charge in [-0.3, -0.25) is 0 Å². The first-order valence-electron chi connectivity index (χ1n) is 6.17. The largest absolute Gasteiger partial charge is 0.303 e. The minimum Gasteiger partial charge on any atom is -0.303 e. The van der Waals surface area contributed by atoms with E-state index in [4.69, 9.17) is 0 Å². The molecule has 1 saturated heterocycles. The minimum absolute atomic E-state index is 0.180. The summed E-state index contributed by atoms with van der Waals surface area (Å²) in [5.41, 5.74) is 0.880. The zero-order valence-corrected chi connectivity index (χ0v) is 13.1. The second-order valence-corrected chi connectivity index (χ2v) is 7.60. The number of carbonyl (C=O) groups is 1. The van der Waals surface area contributed by atoms with E-state index >= 15 is 0 Å². The fraction of sp³-hybridized carbons (Fsp3) is 0.462. The molecule has 0 radical (unpaired) electrons. The third-order valence-electron chi connectivity index (χ3n) is 3.38. The number of halogens is 1. The Labute approximate surface area is 122 Å². The van der Waals surface area contributed by atoms with Gasteiger partial charge >= 0.3 is 0 Å². The van der Waals surface area contributed by atoms with Crippen molar-refractivity contribution in [2.45, 2.75) is 24.7 Å². The van der Waals surface area contributed by atoms with Crippen LogP contribution in [0.5, 0.6) is 0 Å². The molecule has 1 fully saturated rings. The smallest absolute Gasteiger partial charge is 0.243 e. The summed E-state index contributed by atoms with van der Waals surface area (Å²) in [7, 11) is -3.49. The van der Waals surface area contributed by atoms with Crippen LogP contribution in [0.2, 0.25) is 0 Å². The van der Waals surface area contributed by atoms with E-state index in [0.29, 0.717) is 18.0 Å². The lowest BCUT2D eigenvalue weighted by Gasteiger charge is -2.29. The van der Waals surface area contributed by atoms with Crippen molar-refractivity contribution in [2.75, 3.05) is 13.1 Å². The highest BCUT2D eigenvalue weighted by Crippen LogP contribution is 2.25. The molecule has 2 rings (SSSR count). The Balaban J connectivity index is 2.31. The van der Waals surface area contributed by atoms with Crippen molar-refractivity contribution in [1.82, 2.24) is 4.31 Å². The molecule has 1 aliphatic rings. The van der Waals surface area contributed by atoms with Gasteiger partial charge in [-0.25, -0.2) is 8.42 Å². The maximum absolute atomic E-state index is 12.5. The molecule has 1 aromatic rings. The van der Waals surface area contributed by atoms with Gasteiger partial charge in [0.15, 0.2) is 0 Å². The lowest BCUT2D eigenvalue weighted by molar-refractivity contribution is -0.112. The van der Waals surface area contributed by atoms with E-state index in [9.17, 15) is 13.2 Å². The van der Waals surface area contributed by atoms with Crippen LogP contribution in [0.3, 0.4) is 0 Å². The van der Waals surface area contributed by atoms with Crippen molar-refractivity contribution in [3.63, 3.8) is 0 Å². The Morgan fingerprint density at radius 2 is 2.16 bits per heavy atom. The van der Waals surface area contributed by atoms with Gasteiger partial charge in [0.25, 0.3) is 0 Å². The van der Waals surface area contributed by atoms with Crippen molar-refractivity contribution >= 4 is 32.2 Å². The van der Waals surface area contributed by atoms with Crippen LogP contribution in [-0.2, 0) is 14.8 Å². The van der Waals surface area contributed by atoms with Crippen LogP contribution >= 0.6 is 15.9 Å². The molecule has 1 atom stereocenters. The van der Waals surface area contributed by atoms with Crippen molar-refractivity contribution in [3.05, 3.63) is 28.2 Å². The Hall–Kier alpha value is -0.720. The highest BCUT2D eigenvalue weighted by molar-refractivity contribution is 9.10. The summed E-state index contributed by atoms with van der Waals surface area (Å²) in [6, 6.07) is 4.99. The van der Waals surface area contributed by atoms with Gasteiger partial charge in [0, 0.05) is 23.5 Å². The van der Waals surface area contributed by atoms with Crippen molar-refractivity contribution in [1.29, 1.82) is 0 Å². The molecule has 104 valence electrons. The van der Waals surface area contributed by atoms with E-state index in [1.54, 1.807) is 18.2 Å². The Bertz CT molecular complexity index is 586. The lowest BCUT2D eigenvalue weighted by Crippen LogP contribution is -2.40. The highest BCUT2D eigenvalue weighted by Gasteiger charge is 2.30. The van der Waals surface area contributed by atoms with E-state index < -0.39 is 10.0 Å². The first-order valence-corrected chi connectivity index (χ1v) is 8.40. The van der Waals surface area contributed by atoms with Crippen molar-refractivity contribution in [3.8, 4) is 0 Å². The fourth-order valence-corrected chi connectivity index (χ4v) is 4.10. The molecule has 0 amide bonds. The molecular formula is C13H16BrNO3S. The zero-order valence-electron chi connectivity index (χ0n) is 10.7. The number of rotatable bonds is 3. The number of benzene rings is 1. The van der Waals surface area contributed by atoms with E-state index in [1.165, 1.54) is 4.31 Å². The molecule has 19 heavy (non-hydrogen) atoms. The number of sulfonamides is 1. The number of aldehydes is 1. The molecule has 1 unspecified atom stereocenters. The molecule has 0 saturated carbocycles. The molecule has 0 spiro atoms. The summed E-state index contributed by atoms with van der Waals surface area (Å²) >= 11 is 3.36. The first kappa shape index (κ1) is 14.7. The van der Waals surface area contributed by atoms with Crippen LogP contribution in [0.1, 0.15) is 18.4 Å². The van der Waals surface area contributed by atoms with E-state index in [1.807, 2.05) is 6.92 Å². The zero-order chi connectivity index (χ0) is 14.0. The SMILES string of the molecule is Cc1cc(S(=O)(=O)N2CCCC(C=O)C2)ccc1Br. The summed E-state index contributed by atoms with van der Waals surface area (Å²) in [4.78, 5) is 11.1. The van der Waals surface area contributed by atoms with Crippen molar-refractivity contribution in [2.24, 2.45) is 5.92 Å². The third-order valence-corrected chi connectivity index (χ3v) is 6.13. The predicted molar refractivity (Wildman–Crippen MR) is 76.4 cm³/mol. The molecule has 0 aliphatic carbocycles. The van der Waals surface area contributed by atoms with Crippen LogP contribution in [-0.4, -0.2) is 32.1 Å². The van der Waals surface area contributed by atoms with Crippen LogP contribution in [0.15, 0.2) is 27.6 Å². The standard InChI is InChI=1S/C13H16BrNO3S/c1-10-7-12(4-5-13(10)14)19(17,18)15-6-2-3-11(8-15)9-16/h4-5,7,9,11H,2-3,6,8H2,1H3. The molecule has 0 N–H and O–H groups in total.